The lowest BCUT2D eigenvalue weighted by atomic mass is 9.45. The van der Waals surface area contributed by atoms with Crippen molar-refractivity contribution < 1.29 is 0 Å². The van der Waals surface area contributed by atoms with E-state index in [9.17, 15) is 0 Å². The number of hydrogen-bond donors (Lipinski definition) is 0. The Morgan fingerprint density at radius 2 is 0.573 bits per heavy atom. The van der Waals surface area contributed by atoms with Gasteiger partial charge in [0.25, 0.3) is 0 Å². The van der Waals surface area contributed by atoms with Crippen LogP contribution >= 0.6 is 0 Å². The molecule has 14 aromatic rings. The SMILES string of the molecule is c1ccc(N(c2ccccc2)c2cc3c4c(c2)N(c2ccccc2)c2ccccc2B4n2c4c-3cccc4c3c2c2cccc4c2n3B2c3ccccc3N(c3ccccc3)c3cc(N(c5ccccc5)c5ccccc5)cc-4c32)cc1. The van der Waals surface area contributed by atoms with Crippen molar-refractivity contribution in [1.29, 1.82) is 0 Å². The summed E-state index contributed by atoms with van der Waals surface area (Å²) in [6.45, 7) is -0.310. The molecule has 0 spiro atoms. The van der Waals surface area contributed by atoms with Crippen molar-refractivity contribution in [3.05, 3.63) is 291 Å². The van der Waals surface area contributed by atoms with Gasteiger partial charge in [0.1, 0.15) is 0 Å². The standard InChI is InChI=1S/C74H48B2N6/c1-7-25-49(26-8-1)77(50-27-9-2-10-28-50)55-45-61-57-37-23-39-59-71(57)81(75-63-41-19-21-43-65(63)79(67(47-55)69(61)75)53-33-15-5-16-34-53)74-60-40-24-38-58-62-46-56(78(51-29-11-3-12-30-51)52-31-13-4-14-32-52)48-68-70(62)76(82(72(58)60)73(59)74)64-42-20-22-44-66(64)80(68)54-35-17-6-18-36-54/h1-48H. The first-order chi connectivity index (χ1) is 40.8. The highest BCUT2D eigenvalue weighted by atomic mass is 15.2. The maximum absolute atomic E-state index is 2.77. The summed E-state index contributed by atoms with van der Waals surface area (Å²) in [5, 5.41) is 2.50. The predicted octanol–water partition coefficient (Wildman–Crippen LogP) is 16.5. The smallest absolute Gasteiger partial charge is 0.333 e. The normalized spacial score (nSPS) is 13.0. The Labute approximate surface area is 476 Å². The molecule has 0 amide bonds. The van der Waals surface area contributed by atoms with Crippen LogP contribution in [-0.4, -0.2) is 22.7 Å². The van der Waals surface area contributed by atoms with Crippen molar-refractivity contribution in [2.75, 3.05) is 19.6 Å². The minimum atomic E-state index is -0.155. The minimum Gasteiger partial charge on any atom is -0.374 e. The molecule has 0 radical (unpaired) electrons. The van der Waals surface area contributed by atoms with Crippen LogP contribution in [0.2, 0.25) is 0 Å². The van der Waals surface area contributed by atoms with E-state index < -0.39 is 0 Å². The fraction of sp³-hybridized carbons (Fsp3) is 0. The molecular formula is C74H48B2N6. The van der Waals surface area contributed by atoms with Gasteiger partial charge in [-0.2, -0.15) is 0 Å². The Hall–Kier alpha value is -10.7. The molecule has 12 aromatic carbocycles. The summed E-state index contributed by atoms with van der Waals surface area (Å²) in [5.41, 5.74) is 28.7. The van der Waals surface area contributed by atoms with Crippen molar-refractivity contribution in [1.82, 2.24) is 8.96 Å². The first kappa shape index (κ1) is 45.2. The third kappa shape index (κ3) is 6.26. The molecule has 2 aromatic heterocycles. The summed E-state index contributed by atoms with van der Waals surface area (Å²) >= 11 is 0. The Balaban J connectivity index is 0.969. The molecule has 82 heavy (non-hydrogen) atoms. The van der Waals surface area contributed by atoms with E-state index in [0.717, 1.165) is 45.5 Å². The summed E-state index contributed by atoms with van der Waals surface area (Å²) in [5.74, 6) is 0. The summed E-state index contributed by atoms with van der Waals surface area (Å²) in [7, 11) is 0. The molecule has 4 aliphatic rings. The molecule has 0 N–H and O–H groups in total. The molecule has 0 atom stereocenters. The average Bonchev–Trinajstić information content (AvgIpc) is 2.69. The lowest BCUT2D eigenvalue weighted by Crippen LogP contribution is -2.56. The van der Waals surface area contributed by atoms with Gasteiger partial charge in [-0.25, -0.2) is 0 Å². The highest BCUT2D eigenvalue weighted by molar-refractivity contribution is 6.92. The average molecular weight is 1040 g/mol. The third-order valence-corrected chi connectivity index (χ3v) is 17.7. The molecule has 6 heterocycles. The minimum absolute atomic E-state index is 0.155. The molecule has 6 nitrogen and oxygen atoms in total. The second kappa shape index (κ2) is 17.4. The lowest BCUT2D eigenvalue weighted by Gasteiger charge is -2.41. The van der Waals surface area contributed by atoms with E-state index in [4.69, 9.17) is 0 Å². The van der Waals surface area contributed by atoms with Crippen molar-refractivity contribution in [3.8, 4) is 22.3 Å². The highest BCUT2D eigenvalue weighted by Crippen LogP contribution is 2.53. The monoisotopic (exact) mass is 1040 g/mol. The molecular weight excluding hydrogens is 994 g/mol. The fourth-order valence-electron chi connectivity index (χ4n) is 14.7. The zero-order valence-corrected chi connectivity index (χ0v) is 44.6. The molecule has 0 aliphatic carbocycles. The number of rotatable bonds is 8. The summed E-state index contributed by atoms with van der Waals surface area (Å²) in [6.07, 6.45) is 0. The topological polar surface area (TPSA) is 22.8 Å². The second-order valence-electron chi connectivity index (χ2n) is 22.0. The quantitative estimate of drug-likeness (QED) is 0.141. The number of anilines is 12. The van der Waals surface area contributed by atoms with Gasteiger partial charge in [-0.3, -0.25) is 0 Å². The first-order valence-electron chi connectivity index (χ1n) is 28.4. The summed E-state index contributed by atoms with van der Waals surface area (Å²) < 4.78 is 5.53. The van der Waals surface area contributed by atoms with Gasteiger partial charge < -0.3 is 28.6 Å². The number of nitrogens with zero attached hydrogens (tertiary/aromatic N) is 6. The van der Waals surface area contributed by atoms with Gasteiger partial charge in [-0.15, -0.1) is 0 Å². The van der Waals surface area contributed by atoms with E-state index in [1.165, 1.54) is 99.7 Å². The number of hydrogen-bond acceptors (Lipinski definition) is 4. The van der Waals surface area contributed by atoms with E-state index >= 15 is 0 Å². The number of benzene rings is 12. The van der Waals surface area contributed by atoms with Crippen LogP contribution in [0.4, 0.5) is 68.2 Å². The maximum atomic E-state index is 2.77. The molecule has 0 saturated heterocycles. The van der Waals surface area contributed by atoms with Crippen molar-refractivity contribution in [2.45, 2.75) is 0 Å². The maximum Gasteiger partial charge on any atom is 0.333 e. The summed E-state index contributed by atoms with van der Waals surface area (Å²) in [4.78, 5) is 9.89. The number of aromatic nitrogens is 2. The van der Waals surface area contributed by atoms with Crippen molar-refractivity contribution >= 4 is 137 Å². The molecule has 0 bridgehead atoms. The summed E-state index contributed by atoms with van der Waals surface area (Å²) in [6, 6.07) is 108. The van der Waals surface area contributed by atoms with Crippen LogP contribution in [0, 0.1) is 0 Å². The Kier molecular flexibility index (Phi) is 9.59. The zero-order valence-electron chi connectivity index (χ0n) is 44.6. The van der Waals surface area contributed by atoms with Crippen molar-refractivity contribution in [3.63, 3.8) is 0 Å². The first-order valence-corrected chi connectivity index (χ1v) is 28.4. The van der Waals surface area contributed by atoms with E-state index in [-0.39, 0.29) is 13.7 Å². The van der Waals surface area contributed by atoms with E-state index in [1.807, 2.05) is 0 Å². The van der Waals surface area contributed by atoms with Gasteiger partial charge in [-0.05, 0) is 142 Å². The number of para-hydroxylation sites is 10. The third-order valence-electron chi connectivity index (χ3n) is 17.7. The van der Waals surface area contributed by atoms with E-state index in [0.29, 0.717) is 0 Å². The molecule has 4 aliphatic heterocycles. The van der Waals surface area contributed by atoms with Gasteiger partial charge in [0, 0.05) is 101 Å². The van der Waals surface area contributed by atoms with Crippen LogP contribution in [0.5, 0.6) is 0 Å². The predicted molar refractivity (Wildman–Crippen MR) is 345 cm³/mol. The Morgan fingerprint density at radius 1 is 0.244 bits per heavy atom. The van der Waals surface area contributed by atoms with Gasteiger partial charge >= 0.3 is 13.7 Å². The van der Waals surface area contributed by atoms with Gasteiger partial charge in [0.15, 0.2) is 0 Å². The van der Waals surface area contributed by atoms with Crippen LogP contribution in [0.15, 0.2) is 291 Å². The largest absolute Gasteiger partial charge is 0.374 e. The van der Waals surface area contributed by atoms with Crippen LogP contribution in [0.25, 0.3) is 55.1 Å². The van der Waals surface area contributed by atoms with Crippen LogP contribution < -0.4 is 41.5 Å². The molecule has 0 saturated carbocycles. The second-order valence-corrected chi connectivity index (χ2v) is 22.0. The zero-order chi connectivity index (χ0) is 53.6. The van der Waals surface area contributed by atoms with Crippen molar-refractivity contribution in [2.24, 2.45) is 0 Å². The van der Waals surface area contributed by atoms with Crippen LogP contribution in [-0.2, 0) is 0 Å². The molecule has 0 fully saturated rings. The molecule has 380 valence electrons. The molecule has 8 heteroatoms. The molecule has 18 rings (SSSR count). The van der Waals surface area contributed by atoms with E-state index in [2.05, 4.69) is 320 Å². The molecule has 0 unspecified atom stereocenters. The lowest BCUT2D eigenvalue weighted by molar-refractivity contribution is 1.23. The van der Waals surface area contributed by atoms with E-state index in [1.54, 1.807) is 0 Å². The van der Waals surface area contributed by atoms with Gasteiger partial charge in [0.2, 0.25) is 0 Å². The highest BCUT2D eigenvalue weighted by Gasteiger charge is 2.48. The Bertz CT molecular complexity index is 4500. The fourth-order valence-corrected chi connectivity index (χ4v) is 14.7. The van der Waals surface area contributed by atoms with Crippen LogP contribution in [0.3, 0.4) is 0 Å². The Morgan fingerprint density at radius 3 is 0.939 bits per heavy atom. The van der Waals surface area contributed by atoms with Gasteiger partial charge in [0.05, 0.1) is 11.0 Å². The number of fused-ring (bicyclic) bond motifs is 13. The van der Waals surface area contributed by atoms with Gasteiger partial charge in [-0.1, -0.05) is 182 Å². The van der Waals surface area contributed by atoms with Crippen LogP contribution in [0.1, 0.15) is 0 Å².